The van der Waals surface area contributed by atoms with Crippen LogP contribution in [0.3, 0.4) is 0 Å². The standard InChI is InChI=1S/C16H25N3O3/c1-5-22-15(21)18-10-8-17(9-11-18)14(20)13-6-7-19(12-13)16(2,3)4/h6-7,12H,5,8-11H2,1-4H3. The van der Waals surface area contributed by atoms with Gasteiger partial charge in [-0.1, -0.05) is 0 Å². The molecule has 0 spiro atoms. The Kier molecular flexibility index (Phi) is 4.78. The molecule has 1 aliphatic heterocycles. The Morgan fingerprint density at radius 3 is 2.23 bits per heavy atom. The molecular formula is C16H25N3O3. The summed E-state index contributed by atoms with van der Waals surface area (Å²) in [6.45, 7) is 10.6. The molecule has 0 atom stereocenters. The molecule has 1 saturated heterocycles. The van der Waals surface area contributed by atoms with E-state index in [1.54, 1.807) is 16.7 Å². The molecule has 6 nitrogen and oxygen atoms in total. The van der Waals surface area contributed by atoms with Crippen molar-refractivity contribution in [3.05, 3.63) is 24.0 Å². The zero-order valence-corrected chi connectivity index (χ0v) is 13.8. The molecule has 22 heavy (non-hydrogen) atoms. The lowest BCUT2D eigenvalue weighted by Crippen LogP contribution is -2.50. The van der Waals surface area contributed by atoms with E-state index in [1.807, 2.05) is 23.0 Å². The van der Waals surface area contributed by atoms with Crippen LogP contribution >= 0.6 is 0 Å². The van der Waals surface area contributed by atoms with Gasteiger partial charge in [0.15, 0.2) is 0 Å². The maximum atomic E-state index is 12.5. The molecule has 1 fully saturated rings. The summed E-state index contributed by atoms with van der Waals surface area (Å²) >= 11 is 0. The monoisotopic (exact) mass is 307 g/mol. The van der Waals surface area contributed by atoms with Gasteiger partial charge in [-0.25, -0.2) is 4.79 Å². The fraction of sp³-hybridized carbons (Fsp3) is 0.625. The lowest BCUT2D eigenvalue weighted by molar-refractivity contribution is 0.0570. The van der Waals surface area contributed by atoms with Crippen LogP contribution < -0.4 is 0 Å². The van der Waals surface area contributed by atoms with Gasteiger partial charge in [0, 0.05) is 44.1 Å². The minimum Gasteiger partial charge on any atom is -0.450 e. The number of rotatable bonds is 2. The number of amides is 2. The summed E-state index contributed by atoms with van der Waals surface area (Å²) in [4.78, 5) is 27.6. The molecule has 0 aromatic carbocycles. The van der Waals surface area contributed by atoms with E-state index < -0.39 is 0 Å². The molecule has 0 unspecified atom stereocenters. The second kappa shape index (κ2) is 6.42. The maximum Gasteiger partial charge on any atom is 0.409 e. The first-order chi connectivity index (χ1) is 10.3. The first-order valence-electron chi connectivity index (χ1n) is 7.72. The largest absolute Gasteiger partial charge is 0.450 e. The molecule has 2 heterocycles. The summed E-state index contributed by atoms with van der Waals surface area (Å²) in [7, 11) is 0. The number of hydrogen-bond donors (Lipinski definition) is 0. The predicted molar refractivity (Wildman–Crippen MR) is 83.9 cm³/mol. The molecule has 6 heteroatoms. The van der Waals surface area contributed by atoms with Crippen LogP contribution in [0.4, 0.5) is 4.79 Å². The highest BCUT2D eigenvalue weighted by Gasteiger charge is 2.26. The zero-order chi connectivity index (χ0) is 16.3. The summed E-state index contributed by atoms with van der Waals surface area (Å²) in [5, 5.41) is 0. The van der Waals surface area contributed by atoms with Gasteiger partial charge in [0.1, 0.15) is 0 Å². The Morgan fingerprint density at radius 2 is 1.73 bits per heavy atom. The van der Waals surface area contributed by atoms with Crippen molar-refractivity contribution in [2.45, 2.75) is 33.2 Å². The minimum atomic E-state index is -0.298. The summed E-state index contributed by atoms with van der Waals surface area (Å²) in [5.74, 6) is 0.0199. The molecule has 1 aromatic rings. The van der Waals surface area contributed by atoms with Crippen LogP contribution in [0.1, 0.15) is 38.1 Å². The first kappa shape index (κ1) is 16.4. The van der Waals surface area contributed by atoms with Crippen molar-refractivity contribution in [1.82, 2.24) is 14.4 Å². The highest BCUT2D eigenvalue weighted by atomic mass is 16.6. The van der Waals surface area contributed by atoms with E-state index in [1.165, 1.54) is 0 Å². The third kappa shape index (κ3) is 3.61. The summed E-state index contributed by atoms with van der Waals surface area (Å²) in [5.41, 5.74) is 0.653. The Balaban J connectivity index is 1.95. The van der Waals surface area contributed by atoms with Gasteiger partial charge in [0.2, 0.25) is 0 Å². The smallest absolute Gasteiger partial charge is 0.409 e. The average Bonchev–Trinajstić information content (AvgIpc) is 2.97. The van der Waals surface area contributed by atoms with E-state index in [-0.39, 0.29) is 17.5 Å². The lowest BCUT2D eigenvalue weighted by Gasteiger charge is -2.33. The molecule has 1 aliphatic rings. The second-order valence-corrected chi connectivity index (χ2v) is 6.46. The van der Waals surface area contributed by atoms with Crippen LogP contribution in [0.25, 0.3) is 0 Å². The zero-order valence-electron chi connectivity index (χ0n) is 13.8. The molecule has 1 aromatic heterocycles. The van der Waals surface area contributed by atoms with Crippen molar-refractivity contribution in [1.29, 1.82) is 0 Å². The van der Waals surface area contributed by atoms with Gasteiger partial charge in [-0.05, 0) is 33.8 Å². The number of ether oxygens (including phenoxy) is 1. The van der Waals surface area contributed by atoms with E-state index in [2.05, 4.69) is 20.8 Å². The van der Waals surface area contributed by atoms with Crippen molar-refractivity contribution in [3.8, 4) is 0 Å². The van der Waals surface area contributed by atoms with E-state index in [9.17, 15) is 9.59 Å². The van der Waals surface area contributed by atoms with Gasteiger partial charge in [0.25, 0.3) is 5.91 Å². The summed E-state index contributed by atoms with van der Waals surface area (Å²) in [6.07, 6.45) is 3.52. The number of piperazine rings is 1. The van der Waals surface area contributed by atoms with Crippen molar-refractivity contribution in [2.24, 2.45) is 0 Å². The van der Waals surface area contributed by atoms with Crippen molar-refractivity contribution in [3.63, 3.8) is 0 Å². The molecule has 122 valence electrons. The molecular weight excluding hydrogens is 282 g/mol. The van der Waals surface area contributed by atoms with E-state index in [0.717, 1.165) is 0 Å². The van der Waals surface area contributed by atoms with Gasteiger partial charge < -0.3 is 19.1 Å². The van der Waals surface area contributed by atoms with Gasteiger partial charge in [-0.2, -0.15) is 0 Å². The number of hydrogen-bond acceptors (Lipinski definition) is 3. The van der Waals surface area contributed by atoms with Gasteiger partial charge in [-0.3, -0.25) is 4.79 Å². The fourth-order valence-corrected chi connectivity index (χ4v) is 2.43. The van der Waals surface area contributed by atoms with Crippen molar-refractivity contribution >= 4 is 12.0 Å². The predicted octanol–water partition coefficient (Wildman–Crippen LogP) is 2.16. The third-order valence-corrected chi connectivity index (χ3v) is 3.81. The number of carbonyl (C=O) groups is 2. The average molecular weight is 307 g/mol. The molecule has 0 aliphatic carbocycles. The molecule has 2 amide bonds. The van der Waals surface area contributed by atoms with Crippen molar-refractivity contribution < 1.29 is 14.3 Å². The van der Waals surface area contributed by atoms with Crippen molar-refractivity contribution in [2.75, 3.05) is 32.8 Å². The maximum absolute atomic E-state index is 12.5. The SMILES string of the molecule is CCOC(=O)N1CCN(C(=O)c2ccn(C(C)(C)C)c2)CC1. The molecule has 0 radical (unpaired) electrons. The summed E-state index contributed by atoms with van der Waals surface area (Å²) in [6, 6.07) is 1.85. The van der Waals surface area contributed by atoms with Gasteiger partial charge >= 0.3 is 6.09 Å². The molecule has 0 saturated carbocycles. The lowest BCUT2D eigenvalue weighted by atomic mass is 10.1. The topological polar surface area (TPSA) is 54.8 Å². The quantitative estimate of drug-likeness (QED) is 0.841. The van der Waals surface area contributed by atoms with Crippen LogP contribution in [0.5, 0.6) is 0 Å². The van der Waals surface area contributed by atoms with Gasteiger partial charge in [-0.15, -0.1) is 0 Å². The highest BCUT2D eigenvalue weighted by Crippen LogP contribution is 2.17. The Bertz CT molecular complexity index is 537. The Morgan fingerprint density at radius 1 is 1.14 bits per heavy atom. The minimum absolute atomic E-state index is 0.0199. The number of aromatic nitrogens is 1. The van der Waals surface area contributed by atoms with E-state index in [4.69, 9.17) is 4.74 Å². The highest BCUT2D eigenvalue weighted by molar-refractivity contribution is 5.94. The number of carbonyl (C=O) groups excluding carboxylic acids is 2. The van der Waals surface area contributed by atoms with Crippen LogP contribution in [-0.2, 0) is 10.3 Å². The van der Waals surface area contributed by atoms with E-state index in [0.29, 0.717) is 38.3 Å². The van der Waals surface area contributed by atoms with Crippen LogP contribution in [0.2, 0.25) is 0 Å². The van der Waals surface area contributed by atoms with Crippen LogP contribution in [-0.4, -0.2) is 59.2 Å². The van der Waals surface area contributed by atoms with Crippen LogP contribution in [0, 0.1) is 0 Å². The fourth-order valence-electron chi connectivity index (χ4n) is 2.43. The van der Waals surface area contributed by atoms with Gasteiger partial charge in [0.05, 0.1) is 12.2 Å². The first-order valence-corrected chi connectivity index (χ1v) is 7.72. The second-order valence-electron chi connectivity index (χ2n) is 6.46. The molecule has 0 bridgehead atoms. The Hall–Kier alpha value is -1.98. The molecule has 2 rings (SSSR count). The Labute approximate surface area is 131 Å². The van der Waals surface area contributed by atoms with Crippen LogP contribution in [0.15, 0.2) is 18.5 Å². The number of nitrogens with zero attached hydrogens (tertiary/aromatic N) is 3. The summed E-state index contributed by atoms with van der Waals surface area (Å²) < 4.78 is 7.02. The normalized spacial score (nSPS) is 15.8. The molecule has 0 N–H and O–H groups in total. The van der Waals surface area contributed by atoms with E-state index >= 15 is 0 Å². The third-order valence-electron chi connectivity index (χ3n) is 3.81.